The Morgan fingerprint density at radius 2 is 2.20 bits per heavy atom. The van der Waals surface area contributed by atoms with Gasteiger partial charge >= 0.3 is 5.97 Å². The molecule has 0 aromatic rings. The Labute approximate surface area is 86.6 Å². The van der Waals surface area contributed by atoms with Crippen molar-refractivity contribution in [2.75, 3.05) is 19.8 Å². The zero-order valence-electron chi connectivity index (χ0n) is 8.29. The minimum absolute atomic E-state index is 0.112. The van der Waals surface area contributed by atoms with Crippen molar-refractivity contribution in [2.45, 2.75) is 25.3 Å². The molecule has 6 heteroatoms. The first-order chi connectivity index (χ1) is 7.11. The van der Waals surface area contributed by atoms with E-state index in [9.17, 15) is 13.6 Å². The molecule has 4 nitrogen and oxygen atoms in total. The molecule has 0 aliphatic heterocycles. The van der Waals surface area contributed by atoms with Crippen LogP contribution < -0.4 is 5.32 Å². The molecule has 0 heterocycles. The summed E-state index contributed by atoms with van der Waals surface area (Å²) in [5.74, 6) is -0.691. The molecule has 0 aromatic carbocycles. The van der Waals surface area contributed by atoms with E-state index < -0.39 is 25.0 Å². The van der Waals surface area contributed by atoms with Crippen LogP contribution in [-0.4, -0.2) is 43.3 Å². The quantitative estimate of drug-likeness (QED) is 0.595. The maximum atomic E-state index is 11.6. The van der Waals surface area contributed by atoms with Crippen LogP contribution >= 0.6 is 0 Å². The van der Waals surface area contributed by atoms with E-state index in [2.05, 4.69) is 10.1 Å². The fourth-order valence-corrected chi connectivity index (χ4v) is 1.34. The van der Waals surface area contributed by atoms with E-state index >= 15 is 0 Å². The summed E-state index contributed by atoms with van der Waals surface area (Å²) in [6, 6.07) is -0.555. The summed E-state index contributed by atoms with van der Waals surface area (Å²) in [7, 11) is 0. The van der Waals surface area contributed by atoms with Gasteiger partial charge in [-0.2, -0.15) is 0 Å². The van der Waals surface area contributed by atoms with Crippen molar-refractivity contribution in [2.24, 2.45) is 5.92 Å². The maximum Gasteiger partial charge on any atom is 0.320 e. The van der Waals surface area contributed by atoms with Gasteiger partial charge in [0.25, 0.3) is 6.43 Å². The molecule has 0 amide bonds. The van der Waals surface area contributed by atoms with E-state index in [1.807, 2.05) is 0 Å². The summed E-state index contributed by atoms with van der Waals surface area (Å²) in [6.07, 6.45) is -0.632. The van der Waals surface area contributed by atoms with E-state index in [1.54, 1.807) is 0 Å². The largest absolute Gasteiger partial charge is 0.480 e. The summed E-state index contributed by atoms with van der Waals surface area (Å²) < 4.78 is 27.9. The second-order valence-corrected chi connectivity index (χ2v) is 3.57. The molecule has 1 unspecified atom stereocenters. The van der Waals surface area contributed by atoms with Crippen molar-refractivity contribution < 1.29 is 23.4 Å². The number of nitrogens with one attached hydrogen (secondary N) is 1. The van der Waals surface area contributed by atoms with Gasteiger partial charge in [0, 0.05) is 6.54 Å². The molecule has 1 fully saturated rings. The smallest absolute Gasteiger partial charge is 0.320 e. The molecule has 0 radical (unpaired) electrons. The molecule has 1 aliphatic carbocycles. The molecule has 1 rings (SSSR count). The highest BCUT2D eigenvalue weighted by Crippen LogP contribution is 2.32. The van der Waals surface area contributed by atoms with Crippen LogP contribution in [0.2, 0.25) is 0 Å². The molecule has 15 heavy (non-hydrogen) atoms. The Morgan fingerprint density at radius 3 is 2.67 bits per heavy atom. The van der Waals surface area contributed by atoms with Gasteiger partial charge in [-0.05, 0) is 18.8 Å². The van der Waals surface area contributed by atoms with Gasteiger partial charge in [0.15, 0.2) is 0 Å². The predicted octanol–water partition coefficient (Wildman–Crippen LogP) is 0.721. The molecule has 1 saturated carbocycles. The third-order valence-corrected chi connectivity index (χ3v) is 2.21. The number of aliphatic carboxylic acids is 1. The van der Waals surface area contributed by atoms with E-state index in [4.69, 9.17) is 5.11 Å². The van der Waals surface area contributed by atoms with Crippen LogP contribution in [0.15, 0.2) is 0 Å². The van der Waals surface area contributed by atoms with Gasteiger partial charge in [0.1, 0.15) is 12.6 Å². The van der Waals surface area contributed by atoms with Crippen molar-refractivity contribution >= 4 is 5.97 Å². The number of ether oxygens (including phenoxy) is 1. The van der Waals surface area contributed by atoms with Crippen LogP contribution in [0.25, 0.3) is 0 Å². The Kier molecular flexibility index (Phi) is 4.90. The monoisotopic (exact) mass is 223 g/mol. The summed E-state index contributed by atoms with van der Waals surface area (Å²) in [4.78, 5) is 10.7. The Hall–Kier alpha value is -0.750. The lowest BCUT2D eigenvalue weighted by Gasteiger charge is -2.13. The average molecular weight is 223 g/mol. The van der Waals surface area contributed by atoms with Gasteiger partial charge in [-0.25, -0.2) is 8.78 Å². The Bertz CT molecular complexity index is 210. The zero-order valence-corrected chi connectivity index (χ0v) is 8.29. The van der Waals surface area contributed by atoms with E-state index in [0.29, 0.717) is 6.54 Å². The number of hydrogen-bond donors (Lipinski definition) is 2. The lowest BCUT2D eigenvalue weighted by molar-refractivity contribution is -0.140. The first-order valence-electron chi connectivity index (χ1n) is 4.93. The van der Waals surface area contributed by atoms with Crippen LogP contribution in [0.3, 0.4) is 0 Å². The number of halogens is 2. The Morgan fingerprint density at radius 1 is 1.53 bits per heavy atom. The number of carbonyl (C=O) groups is 1. The highest BCUT2D eigenvalue weighted by atomic mass is 19.3. The van der Waals surface area contributed by atoms with Crippen LogP contribution in [0, 0.1) is 5.92 Å². The summed E-state index contributed by atoms with van der Waals surface area (Å²) >= 11 is 0. The first kappa shape index (κ1) is 12.3. The van der Waals surface area contributed by atoms with E-state index in [1.165, 1.54) is 0 Å². The minimum Gasteiger partial charge on any atom is -0.480 e. The second-order valence-electron chi connectivity index (χ2n) is 3.57. The summed E-state index contributed by atoms with van der Waals surface area (Å²) in [5, 5.41) is 11.6. The van der Waals surface area contributed by atoms with Gasteiger partial charge in [-0.3, -0.25) is 4.79 Å². The summed E-state index contributed by atoms with van der Waals surface area (Å²) in [6.45, 7) is -0.191. The van der Waals surface area contributed by atoms with Crippen molar-refractivity contribution in [1.29, 1.82) is 0 Å². The lowest BCUT2D eigenvalue weighted by atomic mass is 10.2. The lowest BCUT2D eigenvalue weighted by Crippen LogP contribution is -2.40. The topological polar surface area (TPSA) is 58.6 Å². The van der Waals surface area contributed by atoms with Gasteiger partial charge in [0.2, 0.25) is 0 Å². The van der Waals surface area contributed by atoms with Crippen LogP contribution in [0.5, 0.6) is 0 Å². The van der Waals surface area contributed by atoms with Crippen molar-refractivity contribution in [3.05, 3.63) is 0 Å². The maximum absolute atomic E-state index is 11.6. The first-order valence-corrected chi connectivity index (χ1v) is 4.93. The number of carboxylic acids is 1. The van der Waals surface area contributed by atoms with Crippen molar-refractivity contribution in [3.63, 3.8) is 0 Å². The Balaban J connectivity index is 2.04. The predicted molar refractivity (Wildman–Crippen MR) is 49.0 cm³/mol. The second kappa shape index (κ2) is 5.97. The van der Waals surface area contributed by atoms with Gasteiger partial charge in [-0.15, -0.1) is 0 Å². The molecule has 88 valence electrons. The third kappa shape index (κ3) is 5.03. The fraction of sp³-hybridized carbons (Fsp3) is 0.889. The van der Waals surface area contributed by atoms with Gasteiger partial charge < -0.3 is 15.2 Å². The van der Waals surface area contributed by atoms with Crippen LogP contribution in [0.1, 0.15) is 12.8 Å². The highest BCUT2D eigenvalue weighted by molar-refractivity contribution is 5.74. The molecule has 0 aromatic heterocycles. The van der Waals surface area contributed by atoms with E-state index in [0.717, 1.165) is 12.8 Å². The highest BCUT2D eigenvalue weighted by Gasteiger charge is 2.35. The summed E-state index contributed by atoms with van der Waals surface area (Å²) in [5.41, 5.74) is 0. The number of carboxylic acid groups (broad SMARTS) is 1. The van der Waals surface area contributed by atoms with E-state index in [-0.39, 0.29) is 12.5 Å². The SMILES string of the molecule is O=C(O)C(NCCOCC(F)F)C1CC1. The third-order valence-electron chi connectivity index (χ3n) is 2.21. The number of rotatable bonds is 8. The molecule has 2 N–H and O–H groups in total. The fourth-order valence-electron chi connectivity index (χ4n) is 1.34. The van der Waals surface area contributed by atoms with Crippen molar-refractivity contribution in [1.82, 2.24) is 5.32 Å². The van der Waals surface area contributed by atoms with Crippen molar-refractivity contribution in [3.8, 4) is 0 Å². The van der Waals surface area contributed by atoms with Gasteiger partial charge in [-0.1, -0.05) is 0 Å². The zero-order chi connectivity index (χ0) is 11.3. The normalized spacial score (nSPS) is 18.1. The molecule has 0 bridgehead atoms. The molecular formula is C9H15F2NO3. The van der Waals surface area contributed by atoms with Gasteiger partial charge in [0.05, 0.1) is 6.61 Å². The van der Waals surface area contributed by atoms with Crippen LogP contribution in [-0.2, 0) is 9.53 Å². The molecule has 0 saturated heterocycles. The number of hydrogen-bond acceptors (Lipinski definition) is 3. The number of alkyl halides is 2. The van der Waals surface area contributed by atoms with Crippen LogP contribution in [0.4, 0.5) is 8.78 Å². The molecule has 1 aliphatic rings. The average Bonchev–Trinajstić information content (AvgIpc) is 2.93. The molecule has 1 atom stereocenters. The standard InChI is InChI=1S/C9H15F2NO3/c10-7(11)5-15-4-3-12-8(9(13)14)6-1-2-6/h6-8,12H,1-5H2,(H,13,14). The molecular weight excluding hydrogens is 208 g/mol. The molecule has 0 spiro atoms. The minimum atomic E-state index is -2.47.